The molecule has 0 radical (unpaired) electrons. The molecule has 1 saturated heterocycles. The van der Waals surface area contributed by atoms with Crippen molar-refractivity contribution in [2.24, 2.45) is 0 Å². The van der Waals surface area contributed by atoms with E-state index in [1.807, 2.05) is 12.1 Å². The van der Waals surface area contributed by atoms with E-state index >= 15 is 0 Å². The Kier molecular flexibility index (Phi) is 6.11. The van der Waals surface area contributed by atoms with Crippen molar-refractivity contribution < 1.29 is 4.79 Å². The number of rotatable bonds is 5. The minimum absolute atomic E-state index is 0.111. The molecule has 0 bridgehead atoms. The Morgan fingerprint density at radius 1 is 1.08 bits per heavy atom. The third kappa shape index (κ3) is 4.62. The SMILES string of the molecule is Cc1ccc(C(CNC(=O)c2ccccc2Cl)N2CCCCC2)cc1. The van der Waals surface area contributed by atoms with E-state index < -0.39 is 0 Å². The van der Waals surface area contributed by atoms with E-state index in [0.717, 1.165) is 13.1 Å². The maximum Gasteiger partial charge on any atom is 0.252 e. The Labute approximate surface area is 155 Å². The van der Waals surface area contributed by atoms with E-state index in [2.05, 4.69) is 41.4 Å². The number of hydrogen-bond acceptors (Lipinski definition) is 2. The maximum absolute atomic E-state index is 12.5. The van der Waals surface area contributed by atoms with Crippen LogP contribution in [0.3, 0.4) is 0 Å². The van der Waals surface area contributed by atoms with Crippen molar-refractivity contribution in [2.75, 3.05) is 19.6 Å². The summed E-state index contributed by atoms with van der Waals surface area (Å²) in [6.07, 6.45) is 3.74. The van der Waals surface area contributed by atoms with Crippen LogP contribution in [0.25, 0.3) is 0 Å². The second kappa shape index (κ2) is 8.50. The third-order valence-corrected chi connectivity index (χ3v) is 5.20. The predicted molar refractivity (Wildman–Crippen MR) is 103 cm³/mol. The first-order valence-electron chi connectivity index (χ1n) is 8.98. The molecule has 1 unspecified atom stereocenters. The van der Waals surface area contributed by atoms with Crippen LogP contribution in [0, 0.1) is 6.92 Å². The lowest BCUT2D eigenvalue weighted by Crippen LogP contribution is -2.40. The van der Waals surface area contributed by atoms with Crippen LogP contribution in [-0.4, -0.2) is 30.4 Å². The van der Waals surface area contributed by atoms with Crippen LogP contribution in [0.4, 0.5) is 0 Å². The molecule has 3 nitrogen and oxygen atoms in total. The van der Waals surface area contributed by atoms with Gasteiger partial charge in [-0.15, -0.1) is 0 Å². The fourth-order valence-electron chi connectivity index (χ4n) is 3.41. The van der Waals surface area contributed by atoms with Crippen molar-refractivity contribution in [2.45, 2.75) is 32.2 Å². The molecule has 4 heteroatoms. The molecular formula is C21H25ClN2O. The Hall–Kier alpha value is -1.84. The van der Waals surface area contributed by atoms with Crippen LogP contribution >= 0.6 is 11.6 Å². The van der Waals surface area contributed by atoms with Gasteiger partial charge >= 0.3 is 0 Å². The quantitative estimate of drug-likeness (QED) is 0.848. The lowest BCUT2D eigenvalue weighted by molar-refractivity contribution is 0.0924. The largest absolute Gasteiger partial charge is 0.350 e. The smallest absolute Gasteiger partial charge is 0.252 e. The van der Waals surface area contributed by atoms with Crippen molar-refractivity contribution in [3.05, 3.63) is 70.2 Å². The molecule has 1 N–H and O–H groups in total. The van der Waals surface area contributed by atoms with Crippen molar-refractivity contribution >= 4 is 17.5 Å². The highest BCUT2D eigenvalue weighted by Gasteiger charge is 2.23. The van der Waals surface area contributed by atoms with Crippen LogP contribution in [0.15, 0.2) is 48.5 Å². The van der Waals surface area contributed by atoms with Gasteiger partial charge in [0.25, 0.3) is 5.91 Å². The van der Waals surface area contributed by atoms with Gasteiger partial charge in [0, 0.05) is 6.54 Å². The van der Waals surface area contributed by atoms with Gasteiger partial charge in [-0.25, -0.2) is 0 Å². The van der Waals surface area contributed by atoms with Crippen LogP contribution < -0.4 is 5.32 Å². The van der Waals surface area contributed by atoms with Gasteiger partial charge in [0.15, 0.2) is 0 Å². The fraction of sp³-hybridized carbons (Fsp3) is 0.381. The van der Waals surface area contributed by atoms with E-state index in [1.165, 1.54) is 30.4 Å². The van der Waals surface area contributed by atoms with Gasteiger partial charge in [0.05, 0.1) is 16.6 Å². The Bertz CT molecular complexity index is 708. The number of aryl methyl sites for hydroxylation is 1. The highest BCUT2D eigenvalue weighted by atomic mass is 35.5. The van der Waals surface area contributed by atoms with Gasteiger partial charge in [-0.2, -0.15) is 0 Å². The highest BCUT2D eigenvalue weighted by molar-refractivity contribution is 6.33. The first-order chi connectivity index (χ1) is 12.1. The van der Waals surface area contributed by atoms with Gasteiger partial charge in [-0.3, -0.25) is 9.69 Å². The zero-order valence-corrected chi connectivity index (χ0v) is 15.4. The predicted octanol–water partition coefficient (Wildman–Crippen LogP) is 4.61. The minimum Gasteiger partial charge on any atom is -0.350 e. The molecule has 2 aromatic carbocycles. The molecular weight excluding hydrogens is 332 g/mol. The summed E-state index contributed by atoms with van der Waals surface area (Å²) >= 11 is 6.15. The van der Waals surface area contributed by atoms with E-state index in [9.17, 15) is 4.79 Å². The number of amides is 1. The topological polar surface area (TPSA) is 32.3 Å². The summed E-state index contributed by atoms with van der Waals surface area (Å²) in [4.78, 5) is 15.0. The van der Waals surface area contributed by atoms with E-state index in [4.69, 9.17) is 11.6 Å². The number of nitrogens with zero attached hydrogens (tertiary/aromatic N) is 1. The molecule has 2 aromatic rings. The lowest BCUT2D eigenvalue weighted by atomic mass is 10.0. The van der Waals surface area contributed by atoms with Crippen molar-refractivity contribution in [3.63, 3.8) is 0 Å². The number of nitrogens with one attached hydrogen (secondary N) is 1. The third-order valence-electron chi connectivity index (χ3n) is 4.87. The monoisotopic (exact) mass is 356 g/mol. The van der Waals surface area contributed by atoms with Crippen LogP contribution in [0.2, 0.25) is 5.02 Å². The molecule has 0 saturated carbocycles. The summed E-state index contributed by atoms with van der Waals surface area (Å²) in [5.41, 5.74) is 3.04. The van der Waals surface area contributed by atoms with Gasteiger partial charge in [-0.1, -0.05) is 60.0 Å². The molecule has 0 aliphatic carbocycles. The van der Waals surface area contributed by atoms with Crippen molar-refractivity contribution in [3.8, 4) is 0 Å². The summed E-state index contributed by atoms with van der Waals surface area (Å²) in [5, 5.41) is 3.58. The molecule has 25 heavy (non-hydrogen) atoms. The average Bonchev–Trinajstić information content (AvgIpc) is 2.64. The Morgan fingerprint density at radius 3 is 2.44 bits per heavy atom. The summed E-state index contributed by atoms with van der Waals surface area (Å²) in [7, 11) is 0. The molecule has 3 rings (SSSR count). The zero-order chi connectivity index (χ0) is 17.6. The second-order valence-electron chi connectivity index (χ2n) is 6.71. The summed E-state index contributed by atoms with van der Waals surface area (Å²) in [5.74, 6) is -0.111. The summed E-state index contributed by atoms with van der Waals surface area (Å²) in [6.45, 7) is 4.85. The molecule has 0 spiro atoms. The molecule has 1 amide bonds. The Balaban J connectivity index is 1.74. The number of carbonyl (C=O) groups excluding carboxylic acids is 1. The van der Waals surface area contributed by atoms with E-state index in [0.29, 0.717) is 17.1 Å². The fourth-order valence-corrected chi connectivity index (χ4v) is 3.63. The van der Waals surface area contributed by atoms with Gasteiger partial charge in [-0.05, 0) is 50.6 Å². The lowest BCUT2D eigenvalue weighted by Gasteiger charge is -2.35. The Morgan fingerprint density at radius 2 is 1.76 bits per heavy atom. The van der Waals surface area contributed by atoms with Crippen LogP contribution in [0.5, 0.6) is 0 Å². The molecule has 1 atom stereocenters. The average molecular weight is 357 g/mol. The number of halogens is 1. The zero-order valence-electron chi connectivity index (χ0n) is 14.7. The number of piperidine rings is 1. The number of carbonyl (C=O) groups is 1. The minimum atomic E-state index is -0.111. The number of likely N-dealkylation sites (tertiary alicyclic amines) is 1. The van der Waals surface area contributed by atoms with Crippen LogP contribution in [0.1, 0.15) is 46.8 Å². The molecule has 1 aliphatic rings. The van der Waals surface area contributed by atoms with Gasteiger partial charge in [0.1, 0.15) is 0 Å². The maximum atomic E-state index is 12.5. The second-order valence-corrected chi connectivity index (χ2v) is 7.12. The normalized spacial score (nSPS) is 16.4. The van der Waals surface area contributed by atoms with Crippen molar-refractivity contribution in [1.29, 1.82) is 0 Å². The van der Waals surface area contributed by atoms with Crippen LogP contribution in [-0.2, 0) is 0 Å². The number of benzene rings is 2. The summed E-state index contributed by atoms with van der Waals surface area (Å²) < 4.78 is 0. The highest BCUT2D eigenvalue weighted by Crippen LogP contribution is 2.25. The van der Waals surface area contributed by atoms with E-state index in [1.54, 1.807) is 12.1 Å². The standard InChI is InChI=1S/C21H25ClN2O/c1-16-9-11-17(12-10-16)20(24-13-5-2-6-14-24)15-23-21(25)18-7-3-4-8-19(18)22/h3-4,7-12,20H,2,5-6,13-15H2,1H3,(H,23,25). The van der Waals surface area contributed by atoms with Gasteiger partial charge in [0.2, 0.25) is 0 Å². The first-order valence-corrected chi connectivity index (χ1v) is 9.36. The summed E-state index contributed by atoms with van der Waals surface area (Å²) in [6, 6.07) is 16.0. The molecule has 1 heterocycles. The first kappa shape index (κ1) is 18.0. The molecule has 1 aliphatic heterocycles. The number of hydrogen-bond donors (Lipinski definition) is 1. The molecule has 132 valence electrons. The molecule has 1 fully saturated rings. The van der Waals surface area contributed by atoms with E-state index in [-0.39, 0.29) is 11.9 Å². The van der Waals surface area contributed by atoms with Crippen molar-refractivity contribution in [1.82, 2.24) is 10.2 Å². The molecule has 0 aromatic heterocycles. The van der Waals surface area contributed by atoms with Gasteiger partial charge < -0.3 is 5.32 Å².